The summed E-state index contributed by atoms with van der Waals surface area (Å²) in [5.74, 6) is -0.130. The van der Waals surface area contributed by atoms with E-state index in [1.54, 1.807) is 24.3 Å². The van der Waals surface area contributed by atoms with Gasteiger partial charge in [0.15, 0.2) is 0 Å². The van der Waals surface area contributed by atoms with Crippen LogP contribution in [0.5, 0.6) is 0 Å². The molecule has 6 nitrogen and oxygen atoms in total. The Morgan fingerprint density at radius 1 is 1.13 bits per heavy atom. The van der Waals surface area contributed by atoms with E-state index >= 15 is 0 Å². The molecule has 0 unspecified atom stereocenters. The van der Waals surface area contributed by atoms with Crippen LogP contribution in [0.2, 0.25) is 0 Å². The number of hydrogen-bond acceptors (Lipinski definition) is 4. The first-order valence-electron chi connectivity index (χ1n) is 8.02. The first-order valence-corrected chi connectivity index (χ1v) is 9.91. The van der Waals surface area contributed by atoms with Crippen molar-refractivity contribution in [3.8, 4) is 0 Å². The van der Waals surface area contributed by atoms with Gasteiger partial charge in [-0.05, 0) is 63.2 Å². The highest BCUT2D eigenvalue weighted by molar-refractivity contribution is 7.92. The van der Waals surface area contributed by atoms with Crippen LogP contribution in [0.4, 0.5) is 5.69 Å². The second-order valence-electron chi connectivity index (χ2n) is 5.96. The molecule has 0 aliphatic carbocycles. The van der Waals surface area contributed by atoms with E-state index in [1.807, 2.05) is 0 Å². The smallest absolute Gasteiger partial charge is 0.251 e. The van der Waals surface area contributed by atoms with Crippen LogP contribution in [0, 0.1) is 0 Å². The Balaban J connectivity index is 1.72. The molecule has 0 bridgehead atoms. The Bertz CT molecular complexity index is 608. The minimum atomic E-state index is -3.29. The van der Waals surface area contributed by atoms with Gasteiger partial charge in [-0.15, -0.1) is 0 Å². The fourth-order valence-corrected chi connectivity index (χ4v) is 3.26. The summed E-state index contributed by atoms with van der Waals surface area (Å²) in [5, 5.41) is 2.90. The van der Waals surface area contributed by atoms with Crippen LogP contribution in [-0.4, -0.2) is 51.7 Å². The van der Waals surface area contributed by atoms with E-state index in [0.717, 1.165) is 19.2 Å². The van der Waals surface area contributed by atoms with Gasteiger partial charge < -0.3 is 10.2 Å². The highest BCUT2D eigenvalue weighted by Crippen LogP contribution is 2.11. The number of nitrogens with one attached hydrogen (secondary N) is 2. The largest absolute Gasteiger partial charge is 0.352 e. The summed E-state index contributed by atoms with van der Waals surface area (Å²) < 4.78 is 24.6. The first-order chi connectivity index (χ1) is 10.9. The maximum absolute atomic E-state index is 12.0. The third-order valence-corrected chi connectivity index (χ3v) is 4.44. The Hall–Kier alpha value is -1.60. The minimum absolute atomic E-state index is 0.130. The Morgan fingerprint density at radius 3 is 2.39 bits per heavy atom. The maximum atomic E-state index is 12.0. The highest BCUT2D eigenvalue weighted by atomic mass is 32.2. The number of piperidine rings is 1. The summed E-state index contributed by atoms with van der Waals surface area (Å²) in [6, 6.07) is 6.41. The minimum Gasteiger partial charge on any atom is -0.352 e. The third kappa shape index (κ3) is 6.58. The summed E-state index contributed by atoms with van der Waals surface area (Å²) >= 11 is 0. The predicted molar refractivity (Wildman–Crippen MR) is 92.1 cm³/mol. The lowest BCUT2D eigenvalue weighted by atomic mass is 10.1. The number of rotatable bonds is 7. The Morgan fingerprint density at radius 2 is 1.78 bits per heavy atom. The van der Waals surface area contributed by atoms with Gasteiger partial charge in [-0.25, -0.2) is 8.42 Å². The van der Waals surface area contributed by atoms with Gasteiger partial charge in [-0.3, -0.25) is 9.52 Å². The summed E-state index contributed by atoms with van der Waals surface area (Å²) in [6.07, 6.45) is 5.92. The van der Waals surface area contributed by atoms with Crippen molar-refractivity contribution in [2.24, 2.45) is 0 Å². The highest BCUT2D eigenvalue weighted by Gasteiger charge is 2.10. The predicted octanol–water partition coefficient (Wildman–Crippen LogP) is 1.66. The number of benzene rings is 1. The molecule has 2 N–H and O–H groups in total. The van der Waals surface area contributed by atoms with Gasteiger partial charge in [0.2, 0.25) is 10.0 Å². The number of amides is 1. The van der Waals surface area contributed by atoms with E-state index in [9.17, 15) is 13.2 Å². The molecule has 1 amide bonds. The van der Waals surface area contributed by atoms with Crippen molar-refractivity contribution in [3.63, 3.8) is 0 Å². The molecule has 2 rings (SSSR count). The molecule has 0 aromatic heterocycles. The summed E-state index contributed by atoms with van der Waals surface area (Å²) in [5.41, 5.74) is 0.983. The second-order valence-corrected chi connectivity index (χ2v) is 7.71. The average molecular weight is 339 g/mol. The van der Waals surface area contributed by atoms with Crippen LogP contribution in [0.25, 0.3) is 0 Å². The lowest BCUT2D eigenvalue weighted by Gasteiger charge is -2.26. The number of likely N-dealkylation sites (tertiary alicyclic amines) is 1. The number of anilines is 1. The van der Waals surface area contributed by atoms with Crippen molar-refractivity contribution in [1.29, 1.82) is 0 Å². The summed E-state index contributed by atoms with van der Waals surface area (Å²) in [6.45, 7) is 4.02. The zero-order chi connectivity index (χ0) is 16.7. The SMILES string of the molecule is CS(=O)(=O)Nc1ccc(C(=O)NCCCN2CCCCC2)cc1. The molecule has 1 aromatic rings. The molecule has 1 aromatic carbocycles. The first kappa shape index (κ1) is 17.7. The molecule has 0 radical (unpaired) electrons. The van der Waals surface area contributed by atoms with Crippen LogP contribution < -0.4 is 10.0 Å². The zero-order valence-corrected chi connectivity index (χ0v) is 14.4. The van der Waals surface area contributed by atoms with Crippen molar-refractivity contribution < 1.29 is 13.2 Å². The fourth-order valence-electron chi connectivity index (χ4n) is 2.69. The lowest BCUT2D eigenvalue weighted by molar-refractivity contribution is 0.0951. The summed E-state index contributed by atoms with van der Waals surface area (Å²) in [7, 11) is -3.29. The number of sulfonamides is 1. The van der Waals surface area contributed by atoms with E-state index < -0.39 is 10.0 Å². The van der Waals surface area contributed by atoms with Crippen molar-refractivity contribution in [3.05, 3.63) is 29.8 Å². The van der Waals surface area contributed by atoms with E-state index in [-0.39, 0.29) is 5.91 Å². The summed E-state index contributed by atoms with van der Waals surface area (Å²) in [4.78, 5) is 14.5. The van der Waals surface area contributed by atoms with Gasteiger partial charge in [0, 0.05) is 17.8 Å². The molecule has 0 saturated carbocycles. The Labute approximate surface area is 138 Å². The van der Waals surface area contributed by atoms with Crippen LogP contribution in [-0.2, 0) is 10.0 Å². The molecule has 1 aliphatic heterocycles. The zero-order valence-electron chi connectivity index (χ0n) is 13.5. The molecule has 1 saturated heterocycles. The lowest BCUT2D eigenvalue weighted by Crippen LogP contribution is -2.33. The molecule has 1 heterocycles. The van der Waals surface area contributed by atoms with Gasteiger partial charge in [0.1, 0.15) is 0 Å². The molecule has 128 valence electrons. The molecular weight excluding hydrogens is 314 g/mol. The third-order valence-electron chi connectivity index (χ3n) is 3.84. The molecule has 0 atom stereocenters. The van der Waals surface area contributed by atoms with Crippen LogP contribution >= 0.6 is 0 Å². The van der Waals surface area contributed by atoms with Gasteiger partial charge >= 0.3 is 0 Å². The van der Waals surface area contributed by atoms with Crippen molar-refractivity contribution in [1.82, 2.24) is 10.2 Å². The number of carbonyl (C=O) groups excluding carboxylic acids is 1. The van der Waals surface area contributed by atoms with Crippen LogP contribution in [0.15, 0.2) is 24.3 Å². The van der Waals surface area contributed by atoms with Crippen molar-refractivity contribution >= 4 is 21.6 Å². The fraction of sp³-hybridized carbons (Fsp3) is 0.562. The van der Waals surface area contributed by atoms with Crippen LogP contribution in [0.3, 0.4) is 0 Å². The topological polar surface area (TPSA) is 78.5 Å². The molecule has 1 fully saturated rings. The Kier molecular flexibility index (Phi) is 6.41. The molecule has 7 heteroatoms. The molecule has 1 aliphatic rings. The molecular formula is C16H25N3O3S. The van der Waals surface area contributed by atoms with E-state index in [0.29, 0.717) is 17.8 Å². The molecule has 23 heavy (non-hydrogen) atoms. The van der Waals surface area contributed by atoms with Gasteiger partial charge in [0.05, 0.1) is 6.26 Å². The van der Waals surface area contributed by atoms with Gasteiger partial charge in [-0.2, -0.15) is 0 Å². The molecule has 0 spiro atoms. The second kappa shape index (κ2) is 8.31. The quantitative estimate of drug-likeness (QED) is 0.741. The average Bonchev–Trinajstić information content (AvgIpc) is 2.51. The monoisotopic (exact) mass is 339 g/mol. The number of hydrogen-bond donors (Lipinski definition) is 2. The number of nitrogens with zero attached hydrogens (tertiary/aromatic N) is 1. The normalized spacial score (nSPS) is 16.0. The van der Waals surface area contributed by atoms with Crippen LogP contribution in [0.1, 0.15) is 36.0 Å². The maximum Gasteiger partial charge on any atom is 0.251 e. The van der Waals surface area contributed by atoms with Crippen molar-refractivity contribution in [2.75, 3.05) is 37.2 Å². The van der Waals surface area contributed by atoms with E-state index in [4.69, 9.17) is 0 Å². The van der Waals surface area contributed by atoms with Gasteiger partial charge in [-0.1, -0.05) is 6.42 Å². The van der Waals surface area contributed by atoms with E-state index in [1.165, 1.54) is 32.4 Å². The van der Waals surface area contributed by atoms with E-state index in [2.05, 4.69) is 14.9 Å². The van der Waals surface area contributed by atoms with Crippen molar-refractivity contribution in [2.45, 2.75) is 25.7 Å². The standard InChI is InChI=1S/C16H25N3O3S/c1-23(21,22)18-15-8-6-14(7-9-15)16(20)17-10-5-13-19-11-3-2-4-12-19/h6-9,18H,2-5,10-13H2,1H3,(H,17,20). The number of carbonyl (C=O) groups is 1. The van der Waals surface area contributed by atoms with Gasteiger partial charge in [0.25, 0.3) is 5.91 Å².